The Kier molecular flexibility index (Phi) is 6.48. The quantitative estimate of drug-likeness (QED) is 0.752. The van der Waals surface area contributed by atoms with E-state index < -0.39 is 0 Å². The SMILES string of the molecule is CCOc1ccc(C(C)NC(CC)c2ccccc2)cc1OC. The third kappa shape index (κ3) is 4.49. The van der Waals surface area contributed by atoms with Crippen LogP contribution in [0.5, 0.6) is 11.5 Å². The van der Waals surface area contributed by atoms with Gasteiger partial charge in [-0.3, -0.25) is 0 Å². The van der Waals surface area contributed by atoms with Crippen molar-refractivity contribution in [2.45, 2.75) is 39.3 Å². The van der Waals surface area contributed by atoms with Crippen LogP contribution in [0.2, 0.25) is 0 Å². The van der Waals surface area contributed by atoms with Gasteiger partial charge in [0, 0.05) is 12.1 Å². The number of methoxy groups -OCH3 is 1. The van der Waals surface area contributed by atoms with E-state index in [4.69, 9.17) is 9.47 Å². The summed E-state index contributed by atoms with van der Waals surface area (Å²) < 4.78 is 11.0. The molecule has 0 fully saturated rings. The number of hydrogen-bond donors (Lipinski definition) is 1. The van der Waals surface area contributed by atoms with E-state index in [0.29, 0.717) is 12.6 Å². The highest BCUT2D eigenvalue weighted by Gasteiger charge is 2.15. The average molecular weight is 313 g/mol. The van der Waals surface area contributed by atoms with Crippen LogP contribution in [-0.2, 0) is 0 Å². The molecule has 0 heterocycles. The van der Waals surface area contributed by atoms with Crippen LogP contribution in [0.3, 0.4) is 0 Å². The summed E-state index contributed by atoms with van der Waals surface area (Å²) in [5.74, 6) is 1.58. The van der Waals surface area contributed by atoms with Crippen molar-refractivity contribution in [2.75, 3.05) is 13.7 Å². The summed E-state index contributed by atoms with van der Waals surface area (Å²) in [6, 6.07) is 17.3. The lowest BCUT2D eigenvalue weighted by Crippen LogP contribution is -2.24. The Hall–Kier alpha value is -2.00. The van der Waals surface area contributed by atoms with Gasteiger partial charge < -0.3 is 14.8 Å². The minimum atomic E-state index is 0.227. The summed E-state index contributed by atoms with van der Waals surface area (Å²) in [6.07, 6.45) is 1.04. The number of ether oxygens (including phenoxy) is 2. The molecule has 3 nitrogen and oxygen atoms in total. The molecule has 0 aromatic heterocycles. The summed E-state index contributed by atoms with van der Waals surface area (Å²) in [7, 11) is 1.68. The fraction of sp³-hybridized carbons (Fsp3) is 0.400. The Bertz CT molecular complexity index is 598. The minimum Gasteiger partial charge on any atom is -0.493 e. The normalized spacial score (nSPS) is 13.4. The van der Waals surface area contributed by atoms with Crippen molar-refractivity contribution in [3.63, 3.8) is 0 Å². The molecule has 0 aliphatic rings. The summed E-state index contributed by atoms with van der Waals surface area (Å²) in [5.41, 5.74) is 2.51. The molecule has 0 aliphatic heterocycles. The molecule has 2 unspecified atom stereocenters. The summed E-state index contributed by atoms with van der Waals surface area (Å²) >= 11 is 0. The van der Waals surface area contributed by atoms with E-state index in [0.717, 1.165) is 17.9 Å². The maximum absolute atomic E-state index is 5.59. The molecule has 0 aliphatic carbocycles. The number of nitrogens with one attached hydrogen (secondary N) is 1. The molecule has 0 saturated carbocycles. The Morgan fingerprint density at radius 3 is 2.30 bits per heavy atom. The lowest BCUT2D eigenvalue weighted by Gasteiger charge is -2.24. The van der Waals surface area contributed by atoms with Gasteiger partial charge in [0.05, 0.1) is 13.7 Å². The second-order valence-electron chi connectivity index (χ2n) is 5.60. The van der Waals surface area contributed by atoms with Gasteiger partial charge in [0.1, 0.15) is 0 Å². The number of rotatable bonds is 8. The van der Waals surface area contributed by atoms with Gasteiger partial charge in [-0.25, -0.2) is 0 Å². The molecule has 2 aromatic carbocycles. The second kappa shape index (κ2) is 8.59. The van der Waals surface area contributed by atoms with Crippen LogP contribution in [0, 0.1) is 0 Å². The first kappa shape index (κ1) is 17.4. The van der Waals surface area contributed by atoms with Gasteiger partial charge in [0.2, 0.25) is 0 Å². The molecule has 2 rings (SSSR count). The standard InChI is InChI=1S/C20H27NO2/c1-5-18(16-10-8-7-9-11-16)21-15(3)17-12-13-19(23-6-2)20(14-17)22-4/h7-15,18,21H,5-6H2,1-4H3. The first-order valence-corrected chi connectivity index (χ1v) is 8.31. The van der Waals surface area contributed by atoms with Crippen molar-refractivity contribution >= 4 is 0 Å². The fourth-order valence-corrected chi connectivity index (χ4v) is 2.76. The maximum Gasteiger partial charge on any atom is 0.161 e. The van der Waals surface area contributed by atoms with Crippen molar-refractivity contribution in [3.8, 4) is 11.5 Å². The van der Waals surface area contributed by atoms with E-state index in [9.17, 15) is 0 Å². The molecule has 1 N–H and O–H groups in total. The molecule has 124 valence electrons. The largest absolute Gasteiger partial charge is 0.493 e. The van der Waals surface area contributed by atoms with Gasteiger partial charge in [0.15, 0.2) is 11.5 Å². The van der Waals surface area contributed by atoms with Crippen molar-refractivity contribution in [1.29, 1.82) is 0 Å². The predicted molar refractivity (Wildman–Crippen MR) is 95.2 cm³/mol. The Labute approximate surface area is 139 Å². The molecule has 0 amide bonds. The highest BCUT2D eigenvalue weighted by Crippen LogP contribution is 2.31. The van der Waals surface area contributed by atoms with Crippen LogP contribution in [0.25, 0.3) is 0 Å². The van der Waals surface area contributed by atoms with E-state index in [1.54, 1.807) is 7.11 Å². The molecule has 0 saturated heterocycles. The smallest absolute Gasteiger partial charge is 0.161 e. The maximum atomic E-state index is 5.59. The van der Waals surface area contributed by atoms with E-state index >= 15 is 0 Å². The minimum absolute atomic E-state index is 0.227. The van der Waals surface area contributed by atoms with Crippen LogP contribution in [0.15, 0.2) is 48.5 Å². The van der Waals surface area contributed by atoms with Gasteiger partial charge in [-0.2, -0.15) is 0 Å². The lowest BCUT2D eigenvalue weighted by molar-refractivity contribution is 0.310. The van der Waals surface area contributed by atoms with Crippen molar-refractivity contribution in [3.05, 3.63) is 59.7 Å². The number of benzene rings is 2. The fourth-order valence-electron chi connectivity index (χ4n) is 2.76. The third-order valence-corrected chi connectivity index (χ3v) is 4.05. The van der Waals surface area contributed by atoms with Crippen LogP contribution in [0.4, 0.5) is 0 Å². The highest BCUT2D eigenvalue weighted by molar-refractivity contribution is 5.43. The van der Waals surface area contributed by atoms with Crippen LogP contribution < -0.4 is 14.8 Å². The zero-order valence-corrected chi connectivity index (χ0v) is 14.5. The van der Waals surface area contributed by atoms with Crippen molar-refractivity contribution in [2.24, 2.45) is 0 Å². The van der Waals surface area contributed by atoms with Crippen LogP contribution in [0.1, 0.15) is 50.4 Å². The zero-order valence-electron chi connectivity index (χ0n) is 14.5. The Morgan fingerprint density at radius 2 is 1.70 bits per heavy atom. The van der Waals surface area contributed by atoms with E-state index in [1.807, 2.05) is 13.0 Å². The van der Waals surface area contributed by atoms with Gasteiger partial charge in [-0.15, -0.1) is 0 Å². The van der Waals surface area contributed by atoms with E-state index in [2.05, 4.69) is 61.6 Å². The highest BCUT2D eigenvalue weighted by atomic mass is 16.5. The van der Waals surface area contributed by atoms with Gasteiger partial charge in [-0.05, 0) is 43.5 Å². The zero-order chi connectivity index (χ0) is 16.7. The average Bonchev–Trinajstić information content (AvgIpc) is 2.60. The summed E-state index contributed by atoms with van der Waals surface area (Å²) in [5, 5.41) is 3.71. The molecular weight excluding hydrogens is 286 g/mol. The molecule has 0 radical (unpaired) electrons. The van der Waals surface area contributed by atoms with E-state index in [-0.39, 0.29) is 6.04 Å². The lowest BCUT2D eigenvalue weighted by atomic mass is 10.0. The first-order valence-electron chi connectivity index (χ1n) is 8.31. The summed E-state index contributed by atoms with van der Waals surface area (Å²) in [6.45, 7) is 7.00. The molecule has 0 bridgehead atoms. The molecule has 0 spiro atoms. The van der Waals surface area contributed by atoms with Crippen molar-refractivity contribution in [1.82, 2.24) is 5.32 Å². The first-order chi connectivity index (χ1) is 11.2. The Morgan fingerprint density at radius 1 is 0.957 bits per heavy atom. The summed E-state index contributed by atoms with van der Waals surface area (Å²) in [4.78, 5) is 0. The predicted octanol–water partition coefficient (Wildman–Crippen LogP) is 4.90. The van der Waals surface area contributed by atoms with Gasteiger partial charge in [0.25, 0.3) is 0 Å². The Balaban J connectivity index is 2.14. The molecule has 2 atom stereocenters. The van der Waals surface area contributed by atoms with Crippen LogP contribution >= 0.6 is 0 Å². The molecule has 23 heavy (non-hydrogen) atoms. The number of hydrogen-bond acceptors (Lipinski definition) is 3. The second-order valence-corrected chi connectivity index (χ2v) is 5.60. The molecule has 3 heteroatoms. The molecular formula is C20H27NO2. The third-order valence-electron chi connectivity index (χ3n) is 4.05. The monoisotopic (exact) mass is 313 g/mol. The van der Waals surface area contributed by atoms with Crippen molar-refractivity contribution < 1.29 is 9.47 Å². The molecule has 2 aromatic rings. The van der Waals surface area contributed by atoms with Gasteiger partial charge >= 0.3 is 0 Å². The van der Waals surface area contributed by atoms with Crippen LogP contribution in [-0.4, -0.2) is 13.7 Å². The topological polar surface area (TPSA) is 30.5 Å². The van der Waals surface area contributed by atoms with Gasteiger partial charge in [-0.1, -0.05) is 43.3 Å². The van der Waals surface area contributed by atoms with E-state index in [1.165, 1.54) is 11.1 Å².